The minimum atomic E-state index is -0.337. The minimum absolute atomic E-state index is 0.0398. The van der Waals surface area contributed by atoms with Crippen LogP contribution < -0.4 is 20.9 Å². The highest BCUT2D eigenvalue weighted by Gasteiger charge is 2.36. The number of benzene rings is 3. The zero-order valence-electron chi connectivity index (χ0n) is 19.9. The fraction of sp³-hybridized carbons (Fsp3) is 0.172. The highest BCUT2D eigenvalue weighted by Crippen LogP contribution is 2.32. The predicted octanol–water partition coefficient (Wildman–Crippen LogP) is 3.53. The summed E-state index contributed by atoms with van der Waals surface area (Å²) in [5.74, 6) is -0.240. The monoisotopic (exact) mass is 480 g/mol. The molecule has 7 heteroatoms. The molecule has 5 rings (SSSR count). The van der Waals surface area contributed by atoms with Gasteiger partial charge in [-0.2, -0.15) is 0 Å². The predicted molar refractivity (Wildman–Crippen MR) is 139 cm³/mol. The van der Waals surface area contributed by atoms with Crippen molar-refractivity contribution in [2.75, 3.05) is 24.8 Å². The zero-order valence-corrected chi connectivity index (χ0v) is 19.9. The number of pyridine rings is 1. The van der Waals surface area contributed by atoms with Crippen LogP contribution >= 0.6 is 0 Å². The summed E-state index contributed by atoms with van der Waals surface area (Å²) in [7, 11) is 0. The highest BCUT2D eigenvalue weighted by atomic mass is 16.5. The van der Waals surface area contributed by atoms with E-state index in [2.05, 4.69) is 29.3 Å². The lowest BCUT2D eigenvalue weighted by Crippen LogP contribution is -2.56. The maximum atomic E-state index is 13.6. The normalized spacial score (nSPS) is 13.1. The molecule has 2 N–H and O–H groups in total. The molecular weight excluding hydrogens is 452 g/mol. The van der Waals surface area contributed by atoms with Gasteiger partial charge in [-0.25, -0.2) is 0 Å². The molecule has 0 unspecified atom stereocenters. The Morgan fingerprint density at radius 2 is 1.39 bits per heavy atom. The molecule has 7 nitrogen and oxygen atoms in total. The van der Waals surface area contributed by atoms with Gasteiger partial charge in [0, 0.05) is 25.4 Å². The Bertz CT molecular complexity index is 1330. The molecule has 182 valence electrons. The average molecular weight is 481 g/mol. The van der Waals surface area contributed by atoms with Crippen LogP contribution in [0.15, 0.2) is 108 Å². The third-order valence-electron chi connectivity index (χ3n) is 6.27. The summed E-state index contributed by atoms with van der Waals surface area (Å²) in [6, 6.07) is 31.0. The average Bonchev–Trinajstić information content (AvgIpc) is 2.92. The lowest BCUT2D eigenvalue weighted by atomic mass is 9.98. The first kappa shape index (κ1) is 23.4. The van der Waals surface area contributed by atoms with Crippen LogP contribution in [0.3, 0.4) is 0 Å². The van der Waals surface area contributed by atoms with Crippen molar-refractivity contribution >= 4 is 5.91 Å². The first-order valence-corrected chi connectivity index (χ1v) is 12.0. The van der Waals surface area contributed by atoms with Crippen molar-refractivity contribution in [3.63, 3.8) is 0 Å². The molecule has 0 spiro atoms. The van der Waals surface area contributed by atoms with Crippen molar-refractivity contribution < 1.29 is 9.53 Å². The Morgan fingerprint density at radius 3 is 1.97 bits per heavy atom. The van der Waals surface area contributed by atoms with Crippen molar-refractivity contribution in [2.24, 2.45) is 5.73 Å². The summed E-state index contributed by atoms with van der Waals surface area (Å²) in [6.07, 6.45) is 1.66. The molecule has 0 fully saturated rings. The van der Waals surface area contributed by atoms with Gasteiger partial charge in [-0.1, -0.05) is 91.0 Å². The number of hydrogen-bond acceptors (Lipinski definition) is 5. The summed E-state index contributed by atoms with van der Waals surface area (Å²) in [5.41, 5.74) is 8.76. The summed E-state index contributed by atoms with van der Waals surface area (Å²) < 4.78 is 7.78. The van der Waals surface area contributed by atoms with Gasteiger partial charge in [-0.3, -0.25) is 19.3 Å². The Hall–Kier alpha value is -4.36. The van der Waals surface area contributed by atoms with E-state index >= 15 is 0 Å². The van der Waals surface area contributed by atoms with Crippen LogP contribution in [0.25, 0.3) is 0 Å². The molecule has 4 aromatic rings. The van der Waals surface area contributed by atoms with Crippen LogP contribution in [0.2, 0.25) is 0 Å². The fourth-order valence-electron chi connectivity index (χ4n) is 4.59. The van der Waals surface area contributed by atoms with Crippen molar-refractivity contribution in [3.05, 3.63) is 136 Å². The van der Waals surface area contributed by atoms with Gasteiger partial charge in [0.1, 0.15) is 13.3 Å². The molecule has 36 heavy (non-hydrogen) atoms. The first-order valence-electron chi connectivity index (χ1n) is 12.0. The minimum Gasteiger partial charge on any atom is -0.482 e. The van der Waals surface area contributed by atoms with Gasteiger partial charge in [-0.05, 0) is 16.7 Å². The summed E-state index contributed by atoms with van der Waals surface area (Å²) in [4.78, 5) is 28.3. The number of carbonyl (C=O) groups excluding carboxylic acids is 1. The molecule has 1 aliphatic heterocycles. The number of rotatable bonds is 8. The Morgan fingerprint density at radius 1 is 0.806 bits per heavy atom. The van der Waals surface area contributed by atoms with E-state index in [-0.39, 0.29) is 35.4 Å². The van der Waals surface area contributed by atoms with Gasteiger partial charge < -0.3 is 15.4 Å². The number of aromatic nitrogens is 1. The fourth-order valence-corrected chi connectivity index (χ4v) is 4.59. The standard InChI is InChI=1S/C29H28N4O3/c30-17-19-31-21-33(26(23-12-6-2-7-13-23)24-14-8-3-9-15-24)32-18-16-25(34)28(27(32)29(31)35)36-20-22-10-4-1-5-11-22/h1-16,18,26H,17,19-21,30H2. The lowest BCUT2D eigenvalue weighted by Gasteiger charge is -2.44. The lowest BCUT2D eigenvalue weighted by molar-refractivity contribution is 0.0682. The van der Waals surface area contributed by atoms with E-state index in [1.807, 2.05) is 66.7 Å². The first-order chi connectivity index (χ1) is 17.7. The molecule has 0 saturated carbocycles. The number of hydrogen-bond donors (Lipinski definition) is 1. The quantitative estimate of drug-likeness (QED) is 0.417. The van der Waals surface area contributed by atoms with E-state index < -0.39 is 0 Å². The molecule has 0 atom stereocenters. The van der Waals surface area contributed by atoms with Gasteiger partial charge in [0.2, 0.25) is 5.43 Å². The maximum Gasteiger partial charge on any atom is 0.277 e. The number of ether oxygens (including phenoxy) is 1. The second kappa shape index (κ2) is 10.5. The smallest absolute Gasteiger partial charge is 0.277 e. The van der Waals surface area contributed by atoms with Crippen LogP contribution in [-0.4, -0.2) is 35.2 Å². The van der Waals surface area contributed by atoms with E-state index in [0.29, 0.717) is 19.8 Å². The Kier molecular flexibility index (Phi) is 6.82. The maximum absolute atomic E-state index is 13.6. The Labute approximate surface area is 209 Å². The molecule has 1 aliphatic rings. The molecule has 0 radical (unpaired) electrons. The molecule has 3 aromatic carbocycles. The van der Waals surface area contributed by atoms with Crippen LogP contribution in [0.1, 0.15) is 33.2 Å². The van der Waals surface area contributed by atoms with Crippen molar-refractivity contribution in [2.45, 2.75) is 12.6 Å². The molecular formula is C29H28N4O3. The third kappa shape index (κ3) is 4.61. The van der Waals surface area contributed by atoms with Gasteiger partial charge in [-0.15, -0.1) is 0 Å². The molecule has 0 saturated heterocycles. The van der Waals surface area contributed by atoms with Crippen LogP contribution in [-0.2, 0) is 6.61 Å². The molecule has 0 bridgehead atoms. The highest BCUT2D eigenvalue weighted by molar-refractivity contribution is 5.96. The Balaban J connectivity index is 1.65. The summed E-state index contributed by atoms with van der Waals surface area (Å²) in [5, 5.41) is 2.08. The molecule has 2 heterocycles. The topological polar surface area (TPSA) is 80.8 Å². The molecule has 1 amide bonds. The van der Waals surface area contributed by atoms with Crippen LogP contribution in [0, 0.1) is 0 Å². The van der Waals surface area contributed by atoms with Crippen molar-refractivity contribution in [1.82, 2.24) is 9.58 Å². The second-order valence-corrected chi connectivity index (χ2v) is 8.64. The van der Waals surface area contributed by atoms with E-state index in [0.717, 1.165) is 16.7 Å². The zero-order chi connectivity index (χ0) is 24.9. The summed E-state index contributed by atoms with van der Waals surface area (Å²) >= 11 is 0. The van der Waals surface area contributed by atoms with E-state index in [1.165, 1.54) is 6.07 Å². The van der Waals surface area contributed by atoms with Crippen molar-refractivity contribution in [1.29, 1.82) is 0 Å². The molecule has 0 aliphatic carbocycles. The number of fused-ring (bicyclic) bond motifs is 1. The van der Waals surface area contributed by atoms with Gasteiger partial charge in [0.15, 0.2) is 11.4 Å². The van der Waals surface area contributed by atoms with Gasteiger partial charge in [0.25, 0.3) is 5.91 Å². The van der Waals surface area contributed by atoms with Crippen molar-refractivity contribution in [3.8, 4) is 5.75 Å². The second-order valence-electron chi connectivity index (χ2n) is 8.64. The van der Waals surface area contributed by atoms with Gasteiger partial charge in [0.05, 0.1) is 6.04 Å². The van der Waals surface area contributed by atoms with E-state index in [9.17, 15) is 9.59 Å². The molecule has 1 aromatic heterocycles. The van der Waals surface area contributed by atoms with Crippen LogP contribution in [0.5, 0.6) is 5.75 Å². The third-order valence-corrected chi connectivity index (χ3v) is 6.27. The van der Waals surface area contributed by atoms with Crippen LogP contribution in [0.4, 0.5) is 0 Å². The van der Waals surface area contributed by atoms with E-state index in [4.69, 9.17) is 10.5 Å². The van der Waals surface area contributed by atoms with E-state index in [1.54, 1.807) is 15.8 Å². The summed E-state index contributed by atoms with van der Waals surface area (Å²) in [6.45, 7) is 1.14. The van der Waals surface area contributed by atoms with Gasteiger partial charge >= 0.3 is 0 Å². The number of nitrogens with two attached hydrogens (primary N) is 1. The number of nitrogens with zero attached hydrogens (tertiary/aromatic N) is 3. The number of amides is 1. The SMILES string of the molecule is NCCN1CN(C(c2ccccc2)c2ccccc2)n2ccc(=O)c(OCc3ccccc3)c2C1=O. The largest absolute Gasteiger partial charge is 0.482 e. The number of carbonyl (C=O) groups is 1.